The van der Waals surface area contributed by atoms with E-state index in [0.29, 0.717) is 17.4 Å². The second-order valence-electron chi connectivity index (χ2n) is 8.05. The molecule has 2 heterocycles. The van der Waals surface area contributed by atoms with E-state index >= 15 is 0 Å². The Hall–Kier alpha value is -1.10. The maximum atomic E-state index is 12.6. The zero-order chi connectivity index (χ0) is 17.3. The zero-order valence-corrected chi connectivity index (χ0v) is 15.5. The number of amides is 1. The molecule has 1 amide bonds. The average Bonchev–Trinajstić information content (AvgIpc) is 3.32. The van der Waals surface area contributed by atoms with Crippen LogP contribution in [0.1, 0.15) is 37.7 Å². The van der Waals surface area contributed by atoms with Gasteiger partial charge in [-0.3, -0.25) is 9.69 Å². The lowest BCUT2D eigenvalue weighted by Crippen LogP contribution is -2.45. The first kappa shape index (κ1) is 17.3. The van der Waals surface area contributed by atoms with Crippen LogP contribution in [-0.4, -0.2) is 43.0 Å². The average molecular weight is 362 g/mol. The maximum absolute atomic E-state index is 12.6. The van der Waals surface area contributed by atoms with E-state index < -0.39 is 0 Å². The van der Waals surface area contributed by atoms with E-state index in [4.69, 9.17) is 11.6 Å². The molecule has 4 nitrogen and oxygen atoms in total. The molecule has 2 saturated heterocycles. The van der Waals surface area contributed by atoms with Crippen molar-refractivity contribution in [1.82, 2.24) is 15.5 Å². The Morgan fingerprint density at radius 2 is 1.88 bits per heavy atom. The summed E-state index contributed by atoms with van der Waals surface area (Å²) in [7, 11) is 0. The van der Waals surface area contributed by atoms with Gasteiger partial charge in [0, 0.05) is 36.6 Å². The highest BCUT2D eigenvalue weighted by Gasteiger charge is 2.57. The van der Waals surface area contributed by atoms with Gasteiger partial charge in [0.15, 0.2) is 0 Å². The first-order valence-electron chi connectivity index (χ1n) is 9.63. The minimum Gasteiger partial charge on any atom is -0.353 e. The molecule has 1 aromatic carbocycles. The molecule has 1 aromatic rings. The van der Waals surface area contributed by atoms with Crippen LogP contribution in [0.4, 0.5) is 0 Å². The fraction of sp³-hybridized carbons (Fsp3) is 0.650. The van der Waals surface area contributed by atoms with Gasteiger partial charge in [-0.1, -0.05) is 23.7 Å². The molecular weight excluding hydrogens is 334 g/mol. The van der Waals surface area contributed by atoms with Crippen molar-refractivity contribution >= 4 is 17.5 Å². The maximum Gasteiger partial charge on any atom is 0.223 e. The summed E-state index contributed by atoms with van der Waals surface area (Å²) in [4.78, 5) is 15.1. The normalized spacial score (nSPS) is 26.5. The van der Waals surface area contributed by atoms with Crippen LogP contribution < -0.4 is 10.6 Å². The molecule has 1 saturated carbocycles. The van der Waals surface area contributed by atoms with E-state index in [1.807, 2.05) is 12.1 Å². The van der Waals surface area contributed by atoms with Gasteiger partial charge in [-0.2, -0.15) is 0 Å². The van der Waals surface area contributed by atoms with Crippen molar-refractivity contribution in [2.24, 2.45) is 11.3 Å². The van der Waals surface area contributed by atoms with Gasteiger partial charge in [0.2, 0.25) is 5.91 Å². The van der Waals surface area contributed by atoms with Crippen molar-refractivity contribution < 1.29 is 4.79 Å². The Labute approximate surface area is 155 Å². The Kier molecular flexibility index (Phi) is 5.03. The minimum atomic E-state index is 0.279. The van der Waals surface area contributed by atoms with Gasteiger partial charge in [0.05, 0.1) is 0 Å². The molecule has 4 rings (SSSR count). The van der Waals surface area contributed by atoms with E-state index in [2.05, 4.69) is 27.7 Å². The number of piperidine rings is 2. The van der Waals surface area contributed by atoms with Crippen molar-refractivity contribution in [3.63, 3.8) is 0 Å². The predicted octanol–water partition coefficient (Wildman–Crippen LogP) is 2.81. The van der Waals surface area contributed by atoms with Crippen LogP contribution >= 0.6 is 11.6 Å². The Morgan fingerprint density at radius 3 is 2.56 bits per heavy atom. The second kappa shape index (κ2) is 7.26. The van der Waals surface area contributed by atoms with Crippen molar-refractivity contribution in [1.29, 1.82) is 0 Å². The summed E-state index contributed by atoms with van der Waals surface area (Å²) in [5, 5.41) is 7.53. The van der Waals surface area contributed by atoms with Crippen LogP contribution in [0.25, 0.3) is 0 Å². The van der Waals surface area contributed by atoms with E-state index in [-0.39, 0.29) is 5.92 Å². The largest absolute Gasteiger partial charge is 0.353 e. The summed E-state index contributed by atoms with van der Waals surface area (Å²) in [6, 6.07) is 8.46. The number of carbonyl (C=O) groups is 1. The van der Waals surface area contributed by atoms with Gasteiger partial charge in [-0.25, -0.2) is 0 Å². The van der Waals surface area contributed by atoms with Crippen molar-refractivity contribution in [2.75, 3.05) is 26.2 Å². The van der Waals surface area contributed by atoms with Crippen LogP contribution in [0, 0.1) is 11.3 Å². The molecule has 1 atom stereocenters. The fourth-order valence-corrected chi connectivity index (χ4v) is 4.71. The van der Waals surface area contributed by atoms with E-state index in [1.165, 1.54) is 18.4 Å². The van der Waals surface area contributed by atoms with Crippen LogP contribution in [0.15, 0.2) is 24.3 Å². The lowest BCUT2D eigenvalue weighted by atomic mass is 9.91. The van der Waals surface area contributed by atoms with Crippen LogP contribution in [0.3, 0.4) is 0 Å². The molecule has 25 heavy (non-hydrogen) atoms. The molecule has 2 aliphatic heterocycles. The van der Waals surface area contributed by atoms with Crippen molar-refractivity contribution in [2.45, 2.75) is 44.7 Å². The molecule has 1 unspecified atom stereocenters. The summed E-state index contributed by atoms with van der Waals surface area (Å²) in [5.41, 5.74) is 1.64. The molecule has 3 fully saturated rings. The molecule has 2 N–H and O–H groups in total. The first-order valence-corrected chi connectivity index (χ1v) is 10.0. The third kappa shape index (κ3) is 4.02. The monoisotopic (exact) mass is 361 g/mol. The molecular formula is C20H28ClN3O. The number of rotatable bonds is 4. The number of halogens is 1. The van der Waals surface area contributed by atoms with Gasteiger partial charge < -0.3 is 10.6 Å². The SMILES string of the molecule is O=C(NC1CCN(Cc2ccc(Cl)cc2)CC1)C1CC12CCNCC2. The van der Waals surface area contributed by atoms with Crippen molar-refractivity contribution in [3.8, 4) is 0 Å². The number of hydrogen-bond acceptors (Lipinski definition) is 3. The number of nitrogens with zero attached hydrogens (tertiary/aromatic N) is 1. The molecule has 0 bridgehead atoms. The first-order chi connectivity index (χ1) is 12.1. The van der Waals surface area contributed by atoms with Crippen molar-refractivity contribution in [3.05, 3.63) is 34.9 Å². The Balaban J connectivity index is 1.21. The third-order valence-corrected chi connectivity index (χ3v) is 6.61. The summed E-state index contributed by atoms with van der Waals surface area (Å²) in [6.45, 7) is 5.22. The second-order valence-corrected chi connectivity index (χ2v) is 8.49. The standard InChI is InChI=1S/C20H28ClN3O/c21-16-3-1-15(2-4-16)14-24-11-5-17(6-12-24)23-19(25)18-13-20(18)7-9-22-10-8-20/h1-4,17-18,22H,5-14H2,(H,23,25). The summed E-state index contributed by atoms with van der Waals surface area (Å²) in [5.74, 6) is 0.597. The molecule has 136 valence electrons. The number of carbonyl (C=O) groups excluding carboxylic acids is 1. The van der Waals surface area contributed by atoms with Gasteiger partial charge in [0.1, 0.15) is 0 Å². The molecule has 0 aromatic heterocycles. The third-order valence-electron chi connectivity index (χ3n) is 6.36. The Bertz CT molecular complexity index is 604. The fourth-order valence-electron chi connectivity index (χ4n) is 4.58. The lowest BCUT2D eigenvalue weighted by molar-refractivity contribution is -0.124. The van der Waals surface area contributed by atoms with E-state index in [9.17, 15) is 4.79 Å². The quantitative estimate of drug-likeness (QED) is 0.866. The topological polar surface area (TPSA) is 44.4 Å². The number of likely N-dealkylation sites (tertiary alicyclic amines) is 1. The van der Waals surface area contributed by atoms with Crippen LogP contribution in [-0.2, 0) is 11.3 Å². The lowest BCUT2D eigenvalue weighted by Gasteiger charge is -2.32. The zero-order valence-electron chi connectivity index (χ0n) is 14.8. The van der Waals surface area contributed by atoms with E-state index in [0.717, 1.165) is 57.0 Å². The predicted molar refractivity (Wildman–Crippen MR) is 101 cm³/mol. The van der Waals surface area contributed by atoms with Gasteiger partial charge in [-0.05, 0) is 68.3 Å². The minimum absolute atomic E-state index is 0.279. The highest BCUT2D eigenvalue weighted by atomic mass is 35.5. The Morgan fingerprint density at radius 1 is 1.20 bits per heavy atom. The summed E-state index contributed by atoms with van der Waals surface area (Å²) in [6.07, 6.45) is 5.56. The molecule has 3 aliphatic rings. The van der Waals surface area contributed by atoms with Gasteiger partial charge >= 0.3 is 0 Å². The van der Waals surface area contributed by atoms with Gasteiger partial charge in [0.25, 0.3) is 0 Å². The molecule has 5 heteroatoms. The summed E-state index contributed by atoms with van der Waals surface area (Å²) < 4.78 is 0. The highest BCUT2D eigenvalue weighted by Crippen LogP contribution is 2.58. The molecule has 1 aliphatic carbocycles. The van der Waals surface area contributed by atoms with Gasteiger partial charge in [-0.15, -0.1) is 0 Å². The van der Waals surface area contributed by atoms with Crippen LogP contribution in [0.5, 0.6) is 0 Å². The summed E-state index contributed by atoms with van der Waals surface area (Å²) >= 11 is 5.95. The number of nitrogens with one attached hydrogen (secondary N) is 2. The number of hydrogen-bond donors (Lipinski definition) is 2. The highest BCUT2D eigenvalue weighted by molar-refractivity contribution is 6.30. The van der Waals surface area contributed by atoms with E-state index in [1.54, 1.807) is 0 Å². The smallest absolute Gasteiger partial charge is 0.223 e. The van der Waals surface area contributed by atoms with Crippen LogP contribution in [0.2, 0.25) is 5.02 Å². The number of benzene rings is 1. The molecule has 0 radical (unpaired) electrons. The molecule has 1 spiro atoms.